The van der Waals surface area contributed by atoms with E-state index in [1.54, 1.807) is 0 Å². The minimum atomic E-state index is -4.31. The molecule has 0 aliphatic rings. The molecule has 2 atom stereocenters. The average molecular weight is 654 g/mol. The number of rotatable bonds is 33. The maximum Gasteiger partial charge on any atom is 0.266 e. The lowest BCUT2D eigenvalue weighted by Gasteiger charge is -2.23. The van der Waals surface area contributed by atoms with Crippen LogP contribution in [0.1, 0.15) is 181 Å². The number of hydrogen-bond donors (Lipinski definition) is 3. The minimum Gasteiger partial charge on any atom is -0.391 e. The van der Waals surface area contributed by atoms with Crippen molar-refractivity contribution in [2.75, 3.05) is 5.75 Å². The molecule has 7 heteroatoms. The van der Waals surface area contributed by atoms with Gasteiger partial charge < -0.3 is 10.4 Å². The molecule has 2 unspecified atom stereocenters. The summed E-state index contributed by atoms with van der Waals surface area (Å²) < 4.78 is 32.4. The van der Waals surface area contributed by atoms with E-state index in [1.165, 1.54) is 89.9 Å². The Bertz CT molecular complexity index is 852. The van der Waals surface area contributed by atoms with Crippen LogP contribution in [0.15, 0.2) is 36.5 Å². The first-order valence-corrected chi connectivity index (χ1v) is 20.3. The molecular weight excluding hydrogens is 582 g/mol. The Labute approximate surface area is 278 Å². The highest BCUT2D eigenvalue weighted by molar-refractivity contribution is 7.85. The van der Waals surface area contributed by atoms with Crippen molar-refractivity contribution in [3.05, 3.63) is 36.5 Å². The van der Waals surface area contributed by atoms with Crippen LogP contribution in [0.25, 0.3) is 0 Å². The zero-order chi connectivity index (χ0) is 33.3. The Hall–Kier alpha value is -1.44. The predicted molar refractivity (Wildman–Crippen MR) is 193 cm³/mol. The maximum atomic E-state index is 12.5. The lowest BCUT2D eigenvalue weighted by molar-refractivity contribution is -0.122. The van der Waals surface area contributed by atoms with Gasteiger partial charge in [-0.15, -0.1) is 0 Å². The molecule has 0 aromatic heterocycles. The van der Waals surface area contributed by atoms with E-state index in [1.807, 2.05) is 0 Å². The zero-order valence-electron chi connectivity index (χ0n) is 29.2. The molecule has 0 aromatic rings. The number of nitrogens with one attached hydrogen (secondary N) is 1. The van der Waals surface area contributed by atoms with Gasteiger partial charge in [-0.1, -0.05) is 159 Å². The zero-order valence-corrected chi connectivity index (χ0v) is 30.1. The van der Waals surface area contributed by atoms with Gasteiger partial charge in [0.25, 0.3) is 10.1 Å². The number of aliphatic hydroxyl groups excluding tert-OH is 1. The predicted octanol–water partition coefficient (Wildman–Crippen LogP) is 10.6. The van der Waals surface area contributed by atoms with Crippen LogP contribution in [0.3, 0.4) is 0 Å². The lowest BCUT2D eigenvalue weighted by Crippen LogP contribution is -2.47. The normalized spacial score (nSPS) is 13.8. The standard InChI is InChI=1S/C38H71NO5S/c1-3-5-7-9-11-13-15-16-17-18-19-20-21-22-24-26-28-30-32-34-38(41)39-36(35-45(42,43)44)37(40)33-31-29-27-25-23-14-12-10-8-6-4-2/h11,13,16-17,19-20,36-37,40H,3-10,12,14-15,18,21-35H2,1-2H3,(H,39,41)(H,42,43,44)/b13-11-,17-16-,20-19-. The van der Waals surface area contributed by atoms with Crippen LogP contribution in [0, 0.1) is 0 Å². The molecule has 264 valence electrons. The highest BCUT2D eigenvalue weighted by Crippen LogP contribution is 2.15. The van der Waals surface area contributed by atoms with Gasteiger partial charge in [-0.25, -0.2) is 0 Å². The van der Waals surface area contributed by atoms with Crippen molar-refractivity contribution in [2.24, 2.45) is 0 Å². The van der Waals surface area contributed by atoms with Gasteiger partial charge in [0.2, 0.25) is 5.91 Å². The van der Waals surface area contributed by atoms with Gasteiger partial charge in [-0.2, -0.15) is 8.42 Å². The van der Waals surface area contributed by atoms with E-state index in [4.69, 9.17) is 0 Å². The van der Waals surface area contributed by atoms with Crippen LogP contribution < -0.4 is 5.32 Å². The lowest BCUT2D eigenvalue weighted by atomic mass is 10.0. The molecule has 1 amide bonds. The van der Waals surface area contributed by atoms with Crippen molar-refractivity contribution in [1.82, 2.24) is 5.32 Å². The SMILES string of the molecule is CCCCC/C=C\C/C=C\C/C=C\CCCCCCCCC(=O)NC(CS(=O)(=O)O)C(O)CCCCCCCCCCCCC. The second-order valence-electron chi connectivity index (χ2n) is 12.9. The van der Waals surface area contributed by atoms with Gasteiger partial charge in [-0.05, 0) is 51.4 Å². The molecule has 0 bridgehead atoms. The molecule has 45 heavy (non-hydrogen) atoms. The first-order valence-electron chi connectivity index (χ1n) is 18.7. The van der Waals surface area contributed by atoms with Crippen LogP contribution >= 0.6 is 0 Å². The van der Waals surface area contributed by atoms with E-state index in [0.29, 0.717) is 12.8 Å². The number of carbonyl (C=O) groups excluding carboxylic acids is 1. The summed E-state index contributed by atoms with van der Waals surface area (Å²) in [7, 11) is -4.31. The molecule has 3 N–H and O–H groups in total. The van der Waals surface area contributed by atoms with Crippen LogP contribution in [-0.4, -0.2) is 41.9 Å². The van der Waals surface area contributed by atoms with Gasteiger partial charge >= 0.3 is 0 Å². The van der Waals surface area contributed by atoms with Gasteiger partial charge in [0.1, 0.15) is 0 Å². The average Bonchev–Trinajstić information content (AvgIpc) is 3.00. The molecule has 0 aromatic carbocycles. The summed E-state index contributed by atoms with van der Waals surface area (Å²) >= 11 is 0. The number of amides is 1. The Morgan fingerprint density at radius 2 is 1.00 bits per heavy atom. The minimum absolute atomic E-state index is 0.260. The van der Waals surface area contributed by atoms with Crippen LogP contribution in [0.2, 0.25) is 0 Å². The number of carbonyl (C=O) groups is 1. The molecule has 0 aliphatic carbocycles. The Morgan fingerprint density at radius 3 is 1.51 bits per heavy atom. The molecule has 6 nitrogen and oxygen atoms in total. The van der Waals surface area contributed by atoms with Crippen molar-refractivity contribution in [1.29, 1.82) is 0 Å². The second kappa shape index (κ2) is 32.5. The van der Waals surface area contributed by atoms with E-state index in [-0.39, 0.29) is 5.91 Å². The van der Waals surface area contributed by atoms with Crippen molar-refractivity contribution < 1.29 is 22.9 Å². The van der Waals surface area contributed by atoms with Crippen molar-refractivity contribution in [2.45, 2.75) is 193 Å². The fraction of sp³-hybridized carbons (Fsp3) is 0.816. The fourth-order valence-corrected chi connectivity index (χ4v) is 6.28. The van der Waals surface area contributed by atoms with Crippen molar-refractivity contribution in [3.63, 3.8) is 0 Å². The van der Waals surface area contributed by atoms with Crippen molar-refractivity contribution in [3.8, 4) is 0 Å². The van der Waals surface area contributed by atoms with E-state index < -0.39 is 28.0 Å². The molecule has 0 radical (unpaired) electrons. The third-order valence-electron chi connectivity index (χ3n) is 8.35. The fourth-order valence-electron chi connectivity index (χ4n) is 5.52. The molecule has 0 heterocycles. The molecule has 0 spiro atoms. The summed E-state index contributed by atoms with van der Waals surface area (Å²) in [6, 6.07) is -0.976. The summed E-state index contributed by atoms with van der Waals surface area (Å²) in [5.74, 6) is -0.914. The third kappa shape index (κ3) is 33.7. The van der Waals surface area contributed by atoms with Crippen LogP contribution in [0.4, 0.5) is 0 Å². The Balaban J connectivity index is 3.93. The first-order chi connectivity index (χ1) is 21.8. The summed E-state index contributed by atoms with van der Waals surface area (Å²) in [5, 5.41) is 13.3. The van der Waals surface area contributed by atoms with Crippen LogP contribution in [-0.2, 0) is 14.9 Å². The monoisotopic (exact) mass is 654 g/mol. The Kier molecular flexibility index (Phi) is 31.5. The topological polar surface area (TPSA) is 104 Å². The van der Waals surface area contributed by atoms with Crippen molar-refractivity contribution >= 4 is 16.0 Å². The van der Waals surface area contributed by atoms with E-state index in [0.717, 1.165) is 64.2 Å². The summed E-state index contributed by atoms with van der Waals surface area (Å²) in [5.41, 5.74) is 0. The van der Waals surface area contributed by atoms with E-state index >= 15 is 0 Å². The van der Waals surface area contributed by atoms with E-state index in [2.05, 4.69) is 55.6 Å². The number of hydrogen-bond acceptors (Lipinski definition) is 4. The molecule has 0 aliphatic heterocycles. The summed E-state index contributed by atoms with van der Waals surface area (Å²) in [6.45, 7) is 4.47. The molecule has 0 fully saturated rings. The summed E-state index contributed by atoms with van der Waals surface area (Å²) in [4.78, 5) is 12.5. The molecule has 0 saturated carbocycles. The molecule has 0 saturated heterocycles. The van der Waals surface area contributed by atoms with Crippen LogP contribution in [0.5, 0.6) is 0 Å². The van der Waals surface area contributed by atoms with Gasteiger partial charge in [0, 0.05) is 6.42 Å². The van der Waals surface area contributed by atoms with Gasteiger partial charge in [0.15, 0.2) is 0 Å². The number of unbranched alkanes of at least 4 members (excludes halogenated alkanes) is 19. The highest BCUT2D eigenvalue weighted by Gasteiger charge is 2.26. The third-order valence-corrected chi connectivity index (χ3v) is 9.13. The number of allylic oxidation sites excluding steroid dienone is 6. The quantitative estimate of drug-likeness (QED) is 0.0371. The smallest absolute Gasteiger partial charge is 0.266 e. The largest absolute Gasteiger partial charge is 0.391 e. The number of aliphatic hydroxyl groups is 1. The van der Waals surface area contributed by atoms with E-state index in [9.17, 15) is 22.9 Å². The Morgan fingerprint density at radius 1 is 0.600 bits per heavy atom. The van der Waals surface area contributed by atoms with Gasteiger partial charge in [-0.3, -0.25) is 9.35 Å². The molecule has 0 rings (SSSR count). The first kappa shape index (κ1) is 43.6. The summed E-state index contributed by atoms with van der Waals surface area (Å²) in [6.07, 6.45) is 40.9. The maximum absolute atomic E-state index is 12.5. The highest BCUT2D eigenvalue weighted by atomic mass is 32.2. The molecular formula is C38H71NO5S. The second-order valence-corrected chi connectivity index (χ2v) is 14.4. The van der Waals surface area contributed by atoms with Gasteiger partial charge in [0.05, 0.1) is 17.9 Å².